The molecule has 72 valence electrons. The summed E-state index contributed by atoms with van der Waals surface area (Å²) in [5, 5.41) is 0. The van der Waals surface area contributed by atoms with Crippen LogP contribution >= 0.6 is 11.3 Å². The number of amides is 1. The SMILES string of the molecule is Cc1ccc(CCOCC(N)=O)s1. The molecule has 0 spiro atoms. The van der Waals surface area contributed by atoms with Crippen LogP contribution in [0.15, 0.2) is 12.1 Å². The predicted octanol–water partition coefficient (Wildman–Crippen LogP) is 1.10. The number of aryl methyl sites for hydroxylation is 1. The summed E-state index contributed by atoms with van der Waals surface area (Å²) in [7, 11) is 0. The first kappa shape index (κ1) is 10.2. The van der Waals surface area contributed by atoms with Gasteiger partial charge in [0, 0.05) is 16.2 Å². The van der Waals surface area contributed by atoms with E-state index in [0.29, 0.717) is 6.61 Å². The van der Waals surface area contributed by atoms with Crippen molar-refractivity contribution in [3.63, 3.8) is 0 Å². The Hall–Kier alpha value is -0.870. The number of nitrogens with two attached hydrogens (primary N) is 1. The molecule has 0 bridgehead atoms. The predicted molar refractivity (Wildman–Crippen MR) is 52.8 cm³/mol. The number of carbonyl (C=O) groups is 1. The van der Waals surface area contributed by atoms with Crippen LogP contribution < -0.4 is 5.73 Å². The van der Waals surface area contributed by atoms with Gasteiger partial charge in [0.05, 0.1) is 6.61 Å². The zero-order valence-electron chi connectivity index (χ0n) is 7.58. The molecule has 0 aromatic carbocycles. The molecule has 0 fully saturated rings. The second kappa shape index (κ2) is 4.99. The van der Waals surface area contributed by atoms with Crippen molar-refractivity contribution < 1.29 is 9.53 Å². The van der Waals surface area contributed by atoms with E-state index in [4.69, 9.17) is 10.5 Å². The minimum Gasteiger partial charge on any atom is -0.371 e. The Morgan fingerprint density at radius 2 is 2.38 bits per heavy atom. The molecule has 1 aromatic heterocycles. The van der Waals surface area contributed by atoms with E-state index in [1.165, 1.54) is 9.75 Å². The molecule has 3 nitrogen and oxygen atoms in total. The molecule has 1 rings (SSSR count). The highest BCUT2D eigenvalue weighted by Crippen LogP contribution is 2.15. The maximum atomic E-state index is 10.3. The fourth-order valence-electron chi connectivity index (χ4n) is 0.965. The summed E-state index contributed by atoms with van der Waals surface area (Å²) in [6, 6.07) is 4.15. The van der Waals surface area contributed by atoms with Crippen molar-refractivity contribution in [1.29, 1.82) is 0 Å². The molecule has 1 aromatic rings. The van der Waals surface area contributed by atoms with Crippen molar-refractivity contribution in [2.75, 3.05) is 13.2 Å². The third kappa shape index (κ3) is 4.05. The maximum Gasteiger partial charge on any atom is 0.243 e. The van der Waals surface area contributed by atoms with Gasteiger partial charge in [0.1, 0.15) is 6.61 Å². The Bertz CT molecular complexity index is 283. The highest BCUT2D eigenvalue weighted by Gasteiger charge is 1.97. The minimum absolute atomic E-state index is 0.0182. The fraction of sp³-hybridized carbons (Fsp3) is 0.444. The molecule has 0 atom stereocenters. The van der Waals surface area contributed by atoms with Gasteiger partial charge in [0.25, 0.3) is 0 Å². The smallest absolute Gasteiger partial charge is 0.243 e. The molecule has 0 aliphatic heterocycles. The average Bonchev–Trinajstić information content (AvgIpc) is 2.45. The number of ether oxygens (including phenoxy) is 1. The zero-order valence-corrected chi connectivity index (χ0v) is 8.39. The number of primary amides is 1. The average molecular weight is 199 g/mol. The van der Waals surface area contributed by atoms with Crippen LogP contribution in [-0.2, 0) is 16.0 Å². The lowest BCUT2D eigenvalue weighted by atomic mass is 10.3. The number of hydrogen-bond acceptors (Lipinski definition) is 3. The van der Waals surface area contributed by atoms with E-state index < -0.39 is 5.91 Å². The van der Waals surface area contributed by atoms with E-state index >= 15 is 0 Å². The van der Waals surface area contributed by atoms with E-state index in [1.807, 2.05) is 0 Å². The van der Waals surface area contributed by atoms with Gasteiger partial charge in [-0.15, -0.1) is 11.3 Å². The Labute approximate surface area is 81.5 Å². The maximum absolute atomic E-state index is 10.3. The van der Waals surface area contributed by atoms with Crippen molar-refractivity contribution in [3.05, 3.63) is 21.9 Å². The molecular formula is C9H13NO2S. The van der Waals surface area contributed by atoms with Gasteiger partial charge in [0.2, 0.25) is 5.91 Å². The first-order chi connectivity index (χ1) is 6.18. The van der Waals surface area contributed by atoms with Gasteiger partial charge in [-0.3, -0.25) is 4.79 Å². The topological polar surface area (TPSA) is 52.3 Å². The van der Waals surface area contributed by atoms with Crippen LogP contribution in [0, 0.1) is 6.92 Å². The van der Waals surface area contributed by atoms with Gasteiger partial charge in [-0.1, -0.05) is 0 Å². The number of rotatable bonds is 5. The highest BCUT2D eigenvalue weighted by atomic mass is 32.1. The first-order valence-corrected chi connectivity index (χ1v) is 4.91. The molecule has 0 saturated heterocycles. The summed E-state index contributed by atoms with van der Waals surface area (Å²) < 4.78 is 5.04. The van der Waals surface area contributed by atoms with Crippen LogP contribution in [0.2, 0.25) is 0 Å². The standard InChI is InChI=1S/C9H13NO2S/c1-7-2-3-8(13-7)4-5-12-6-9(10)11/h2-3H,4-6H2,1H3,(H2,10,11). The van der Waals surface area contributed by atoms with Crippen molar-refractivity contribution >= 4 is 17.2 Å². The van der Waals surface area contributed by atoms with Gasteiger partial charge >= 0.3 is 0 Å². The first-order valence-electron chi connectivity index (χ1n) is 4.10. The summed E-state index contributed by atoms with van der Waals surface area (Å²) in [6.45, 7) is 2.64. The molecule has 1 heterocycles. The molecule has 2 N–H and O–H groups in total. The van der Waals surface area contributed by atoms with E-state index in [1.54, 1.807) is 11.3 Å². The number of carbonyl (C=O) groups excluding carboxylic acids is 1. The summed E-state index contributed by atoms with van der Waals surface area (Å²) in [5.74, 6) is -0.414. The summed E-state index contributed by atoms with van der Waals surface area (Å²) >= 11 is 1.75. The molecule has 0 aliphatic carbocycles. The van der Waals surface area contributed by atoms with Crippen LogP contribution in [0.3, 0.4) is 0 Å². The van der Waals surface area contributed by atoms with Gasteiger partial charge in [-0.25, -0.2) is 0 Å². The Morgan fingerprint density at radius 3 is 2.92 bits per heavy atom. The second-order valence-corrected chi connectivity index (χ2v) is 4.15. The lowest BCUT2D eigenvalue weighted by Crippen LogP contribution is -2.18. The quantitative estimate of drug-likeness (QED) is 0.722. The molecule has 0 unspecified atom stereocenters. The molecule has 0 saturated carbocycles. The van der Waals surface area contributed by atoms with E-state index in [0.717, 1.165) is 6.42 Å². The van der Waals surface area contributed by atoms with E-state index in [2.05, 4.69) is 19.1 Å². The molecule has 0 radical (unpaired) electrons. The molecule has 0 aliphatic rings. The Balaban J connectivity index is 2.16. The summed E-state index contributed by atoms with van der Waals surface area (Å²) in [4.78, 5) is 12.9. The van der Waals surface area contributed by atoms with Crippen LogP contribution in [0.1, 0.15) is 9.75 Å². The fourth-order valence-corrected chi connectivity index (χ4v) is 1.84. The molecule has 4 heteroatoms. The Kier molecular flexibility index (Phi) is 3.92. The van der Waals surface area contributed by atoms with Crippen molar-refractivity contribution in [2.45, 2.75) is 13.3 Å². The van der Waals surface area contributed by atoms with Crippen LogP contribution in [-0.4, -0.2) is 19.1 Å². The van der Waals surface area contributed by atoms with E-state index in [-0.39, 0.29) is 6.61 Å². The minimum atomic E-state index is -0.414. The summed E-state index contributed by atoms with van der Waals surface area (Å²) in [6.07, 6.45) is 0.853. The van der Waals surface area contributed by atoms with Gasteiger partial charge < -0.3 is 10.5 Å². The van der Waals surface area contributed by atoms with Gasteiger partial charge in [0.15, 0.2) is 0 Å². The zero-order chi connectivity index (χ0) is 9.68. The highest BCUT2D eigenvalue weighted by molar-refractivity contribution is 7.11. The molecular weight excluding hydrogens is 186 g/mol. The van der Waals surface area contributed by atoms with Crippen molar-refractivity contribution in [1.82, 2.24) is 0 Å². The number of hydrogen-bond donors (Lipinski definition) is 1. The van der Waals surface area contributed by atoms with Gasteiger partial charge in [-0.05, 0) is 19.1 Å². The molecule has 13 heavy (non-hydrogen) atoms. The Morgan fingerprint density at radius 1 is 1.62 bits per heavy atom. The monoisotopic (exact) mass is 199 g/mol. The van der Waals surface area contributed by atoms with Crippen molar-refractivity contribution in [3.8, 4) is 0 Å². The summed E-state index contributed by atoms with van der Waals surface area (Å²) in [5.41, 5.74) is 4.91. The van der Waals surface area contributed by atoms with Crippen LogP contribution in [0.5, 0.6) is 0 Å². The third-order valence-electron chi connectivity index (χ3n) is 1.53. The second-order valence-electron chi connectivity index (χ2n) is 2.78. The van der Waals surface area contributed by atoms with Crippen LogP contribution in [0.4, 0.5) is 0 Å². The normalized spacial score (nSPS) is 10.2. The number of thiophene rings is 1. The largest absolute Gasteiger partial charge is 0.371 e. The van der Waals surface area contributed by atoms with Crippen LogP contribution in [0.25, 0.3) is 0 Å². The van der Waals surface area contributed by atoms with E-state index in [9.17, 15) is 4.79 Å². The lowest BCUT2D eigenvalue weighted by Gasteiger charge is -1.98. The van der Waals surface area contributed by atoms with Gasteiger partial charge in [-0.2, -0.15) is 0 Å². The van der Waals surface area contributed by atoms with Crippen molar-refractivity contribution in [2.24, 2.45) is 5.73 Å². The third-order valence-corrected chi connectivity index (χ3v) is 2.59. The molecule has 1 amide bonds. The lowest BCUT2D eigenvalue weighted by molar-refractivity contribution is -0.122.